The second-order valence-electron chi connectivity index (χ2n) is 4.36. The molecule has 0 bridgehead atoms. The molecule has 0 heterocycles. The minimum atomic E-state index is 0.218. The summed E-state index contributed by atoms with van der Waals surface area (Å²) in [4.78, 5) is 0. The fraction of sp³-hybridized carbons (Fsp3) is 1.00. The molecule has 0 radical (unpaired) electrons. The Hall–Kier alpha value is -0.120. The van der Waals surface area contributed by atoms with Crippen LogP contribution >= 0.6 is 0 Å². The molecule has 3 heteroatoms. The summed E-state index contributed by atoms with van der Waals surface area (Å²) in [6, 6.07) is 0.764. The highest BCUT2D eigenvalue weighted by atomic mass is 16.5. The predicted molar refractivity (Wildman–Crippen MR) is 59.4 cm³/mol. The molecular formula is C11H25NO2. The van der Waals surface area contributed by atoms with Gasteiger partial charge in [-0.05, 0) is 25.7 Å². The molecule has 2 atom stereocenters. The van der Waals surface area contributed by atoms with Crippen molar-refractivity contribution in [1.29, 1.82) is 0 Å². The summed E-state index contributed by atoms with van der Waals surface area (Å²) in [6.45, 7) is 7.50. The van der Waals surface area contributed by atoms with Crippen molar-refractivity contribution >= 4 is 0 Å². The van der Waals surface area contributed by atoms with E-state index in [4.69, 9.17) is 9.84 Å². The maximum Gasteiger partial charge on any atom is 0.0616 e. The summed E-state index contributed by atoms with van der Waals surface area (Å²) in [7, 11) is 1.69. The summed E-state index contributed by atoms with van der Waals surface area (Å²) in [5.41, 5.74) is 0. The van der Waals surface area contributed by atoms with Crippen LogP contribution in [0.3, 0.4) is 0 Å². The van der Waals surface area contributed by atoms with Crippen LogP contribution in [0.1, 0.15) is 33.6 Å². The normalized spacial score (nSPS) is 15.9. The highest BCUT2D eigenvalue weighted by Crippen LogP contribution is 2.05. The third kappa shape index (κ3) is 7.30. The fourth-order valence-electron chi connectivity index (χ4n) is 1.75. The van der Waals surface area contributed by atoms with Crippen molar-refractivity contribution in [2.75, 3.05) is 20.3 Å². The number of nitrogens with one attached hydrogen (secondary N) is 1. The molecule has 0 aliphatic rings. The number of aliphatic hydroxyl groups is 1. The van der Waals surface area contributed by atoms with Crippen molar-refractivity contribution in [3.05, 3.63) is 0 Å². The Bertz CT molecular complexity index is 122. The smallest absolute Gasteiger partial charge is 0.0616 e. The first kappa shape index (κ1) is 13.9. The molecule has 0 aliphatic carbocycles. The lowest BCUT2D eigenvalue weighted by Crippen LogP contribution is -2.40. The minimum Gasteiger partial charge on any atom is -0.396 e. The number of hydrogen-bond donors (Lipinski definition) is 2. The monoisotopic (exact) mass is 203 g/mol. The minimum absolute atomic E-state index is 0.218. The van der Waals surface area contributed by atoms with E-state index in [1.807, 2.05) is 0 Å². The van der Waals surface area contributed by atoms with Gasteiger partial charge in [-0.1, -0.05) is 13.8 Å². The van der Waals surface area contributed by atoms with E-state index >= 15 is 0 Å². The summed E-state index contributed by atoms with van der Waals surface area (Å²) < 4.78 is 5.09. The molecule has 0 rings (SSSR count). The Kier molecular flexibility index (Phi) is 8.14. The first-order chi connectivity index (χ1) is 6.60. The highest BCUT2D eigenvalue weighted by Gasteiger charge is 2.12. The van der Waals surface area contributed by atoms with E-state index in [9.17, 15) is 0 Å². The van der Waals surface area contributed by atoms with Gasteiger partial charge >= 0.3 is 0 Å². The zero-order valence-corrected chi connectivity index (χ0v) is 9.92. The molecular weight excluding hydrogens is 178 g/mol. The first-order valence-corrected chi connectivity index (χ1v) is 5.46. The summed E-state index contributed by atoms with van der Waals surface area (Å²) >= 11 is 0. The van der Waals surface area contributed by atoms with Crippen LogP contribution in [0.4, 0.5) is 0 Å². The van der Waals surface area contributed by atoms with Gasteiger partial charge in [-0.3, -0.25) is 0 Å². The van der Waals surface area contributed by atoms with Gasteiger partial charge < -0.3 is 15.2 Å². The zero-order chi connectivity index (χ0) is 11.0. The maximum absolute atomic E-state index is 8.86. The van der Waals surface area contributed by atoms with Crippen molar-refractivity contribution in [1.82, 2.24) is 5.32 Å². The topological polar surface area (TPSA) is 41.5 Å². The lowest BCUT2D eigenvalue weighted by Gasteiger charge is -2.23. The molecule has 86 valence electrons. The van der Waals surface area contributed by atoms with E-state index in [2.05, 4.69) is 26.1 Å². The quantitative estimate of drug-likeness (QED) is 0.626. The van der Waals surface area contributed by atoms with Crippen molar-refractivity contribution < 1.29 is 9.84 Å². The molecule has 0 saturated heterocycles. The molecule has 0 saturated carbocycles. The van der Waals surface area contributed by atoms with E-state index in [0.717, 1.165) is 12.8 Å². The van der Waals surface area contributed by atoms with Crippen LogP contribution in [-0.2, 0) is 4.74 Å². The SMILES string of the molecule is COCC(CCO)NC(C)CC(C)C. The Labute approximate surface area is 87.8 Å². The van der Waals surface area contributed by atoms with E-state index in [-0.39, 0.29) is 12.6 Å². The van der Waals surface area contributed by atoms with Crippen LogP contribution in [0.15, 0.2) is 0 Å². The maximum atomic E-state index is 8.86. The van der Waals surface area contributed by atoms with Crippen molar-refractivity contribution in [3.8, 4) is 0 Å². The predicted octanol–water partition coefficient (Wildman–Crippen LogP) is 1.41. The third-order valence-corrected chi connectivity index (χ3v) is 2.19. The number of hydrogen-bond acceptors (Lipinski definition) is 3. The Balaban J connectivity index is 3.76. The van der Waals surface area contributed by atoms with Crippen LogP contribution in [-0.4, -0.2) is 37.5 Å². The van der Waals surface area contributed by atoms with Crippen molar-refractivity contribution in [2.45, 2.75) is 45.7 Å². The standard InChI is InChI=1S/C11H25NO2/c1-9(2)7-10(3)12-11(5-6-13)8-14-4/h9-13H,5-8H2,1-4H3. The Morgan fingerprint density at radius 1 is 1.29 bits per heavy atom. The third-order valence-electron chi connectivity index (χ3n) is 2.19. The summed E-state index contributed by atoms with van der Waals surface area (Å²) in [6.07, 6.45) is 1.92. The number of ether oxygens (including phenoxy) is 1. The average molecular weight is 203 g/mol. The van der Waals surface area contributed by atoms with Gasteiger partial charge in [0, 0.05) is 25.8 Å². The van der Waals surface area contributed by atoms with E-state index in [1.165, 1.54) is 0 Å². The van der Waals surface area contributed by atoms with Gasteiger partial charge in [0.2, 0.25) is 0 Å². The van der Waals surface area contributed by atoms with Crippen molar-refractivity contribution in [3.63, 3.8) is 0 Å². The molecule has 14 heavy (non-hydrogen) atoms. The van der Waals surface area contributed by atoms with Gasteiger partial charge in [0.05, 0.1) is 6.61 Å². The number of methoxy groups -OCH3 is 1. The second kappa shape index (κ2) is 8.21. The molecule has 0 spiro atoms. The molecule has 2 unspecified atom stereocenters. The number of aliphatic hydroxyl groups excluding tert-OH is 1. The summed E-state index contributed by atoms with van der Waals surface area (Å²) in [5.74, 6) is 0.704. The van der Waals surface area contributed by atoms with Gasteiger partial charge in [-0.15, -0.1) is 0 Å². The molecule has 0 aliphatic heterocycles. The molecule has 0 aromatic carbocycles. The zero-order valence-electron chi connectivity index (χ0n) is 9.92. The van der Waals surface area contributed by atoms with E-state index < -0.39 is 0 Å². The van der Waals surface area contributed by atoms with Gasteiger partial charge in [-0.25, -0.2) is 0 Å². The highest BCUT2D eigenvalue weighted by molar-refractivity contribution is 4.71. The van der Waals surface area contributed by atoms with Crippen LogP contribution in [0, 0.1) is 5.92 Å². The largest absolute Gasteiger partial charge is 0.396 e. The van der Waals surface area contributed by atoms with Crippen LogP contribution in [0.2, 0.25) is 0 Å². The summed E-state index contributed by atoms with van der Waals surface area (Å²) in [5, 5.41) is 12.3. The molecule has 3 nitrogen and oxygen atoms in total. The molecule has 0 amide bonds. The molecule has 0 fully saturated rings. The molecule has 2 N–H and O–H groups in total. The van der Waals surface area contributed by atoms with Gasteiger partial charge in [0.25, 0.3) is 0 Å². The van der Waals surface area contributed by atoms with Gasteiger partial charge in [0.15, 0.2) is 0 Å². The Morgan fingerprint density at radius 3 is 2.36 bits per heavy atom. The van der Waals surface area contributed by atoms with E-state index in [0.29, 0.717) is 18.6 Å². The molecule has 0 aromatic rings. The number of rotatable bonds is 8. The second-order valence-corrected chi connectivity index (χ2v) is 4.36. The van der Waals surface area contributed by atoms with Crippen LogP contribution < -0.4 is 5.32 Å². The fourth-order valence-corrected chi connectivity index (χ4v) is 1.75. The van der Waals surface area contributed by atoms with Crippen LogP contribution in [0.25, 0.3) is 0 Å². The van der Waals surface area contributed by atoms with Crippen molar-refractivity contribution in [2.24, 2.45) is 5.92 Å². The van der Waals surface area contributed by atoms with Crippen LogP contribution in [0.5, 0.6) is 0 Å². The molecule has 0 aromatic heterocycles. The lowest BCUT2D eigenvalue weighted by atomic mass is 10.0. The van der Waals surface area contributed by atoms with Gasteiger partial charge in [-0.2, -0.15) is 0 Å². The lowest BCUT2D eigenvalue weighted by molar-refractivity contribution is 0.141. The first-order valence-electron chi connectivity index (χ1n) is 5.46. The van der Waals surface area contributed by atoms with Gasteiger partial charge in [0.1, 0.15) is 0 Å². The average Bonchev–Trinajstić information content (AvgIpc) is 2.03. The van der Waals surface area contributed by atoms with E-state index in [1.54, 1.807) is 7.11 Å². The Morgan fingerprint density at radius 2 is 1.93 bits per heavy atom.